The summed E-state index contributed by atoms with van der Waals surface area (Å²) >= 11 is 0. The smallest absolute Gasteiger partial charge is 0.305 e. The number of benzene rings is 1. The third-order valence-electron chi connectivity index (χ3n) is 5.83. The lowest BCUT2D eigenvalue weighted by atomic mass is 9.75. The summed E-state index contributed by atoms with van der Waals surface area (Å²) in [7, 11) is -2.27. The van der Waals surface area contributed by atoms with E-state index >= 15 is 0 Å². The van der Waals surface area contributed by atoms with Gasteiger partial charge in [0, 0.05) is 30.5 Å². The van der Waals surface area contributed by atoms with Crippen LogP contribution in [0, 0.1) is 5.82 Å². The van der Waals surface area contributed by atoms with Crippen molar-refractivity contribution in [2.24, 2.45) is 0 Å². The number of fused-ring (bicyclic) bond motifs is 3. The Morgan fingerprint density at radius 2 is 1.94 bits per heavy atom. The number of rotatable bonds is 8. The number of carbonyl (C=O) groups is 1. The molecule has 33 heavy (non-hydrogen) atoms. The van der Waals surface area contributed by atoms with E-state index in [1.165, 1.54) is 25.2 Å². The minimum absolute atomic E-state index is 0.00824. The second-order valence-corrected chi connectivity index (χ2v) is 10.7. The Kier molecular flexibility index (Phi) is 7.06. The monoisotopic (exact) mass is 481 g/mol. The maximum atomic E-state index is 14.2. The van der Waals surface area contributed by atoms with Crippen LogP contribution in [0.1, 0.15) is 55.3 Å². The minimum atomic E-state index is -3.62. The number of sulfonamides is 1. The zero-order valence-corrected chi connectivity index (χ0v) is 19.7. The Labute approximate surface area is 192 Å². The fourth-order valence-electron chi connectivity index (χ4n) is 4.14. The number of hydrogen-bond acceptors (Lipinski definition) is 7. The summed E-state index contributed by atoms with van der Waals surface area (Å²) in [6, 6.07) is 4.07. The van der Waals surface area contributed by atoms with E-state index < -0.39 is 46.4 Å². The molecule has 0 saturated carbocycles. The maximum Gasteiger partial charge on any atom is 0.305 e. The summed E-state index contributed by atoms with van der Waals surface area (Å²) < 4.78 is 39.3. The summed E-state index contributed by atoms with van der Waals surface area (Å²) in [5, 5.41) is 29.8. The predicted octanol–water partition coefficient (Wildman–Crippen LogP) is 2.03. The van der Waals surface area contributed by atoms with Gasteiger partial charge in [-0.3, -0.25) is 4.79 Å². The molecule has 2 aromatic rings. The van der Waals surface area contributed by atoms with Crippen LogP contribution >= 0.6 is 0 Å². The Balaban J connectivity index is 2.15. The van der Waals surface area contributed by atoms with Crippen molar-refractivity contribution in [3.05, 3.63) is 40.8 Å². The van der Waals surface area contributed by atoms with E-state index in [-0.39, 0.29) is 24.7 Å². The lowest BCUT2D eigenvalue weighted by Gasteiger charge is -2.33. The quantitative estimate of drug-likeness (QED) is 0.520. The molecule has 3 unspecified atom stereocenters. The molecule has 180 valence electrons. The van der Waals surface area contributed by atoms with Crippen LogP contribution in [0.2, 0.25) is 0 Å². The summed E-state index contributed by atoms with van der Waals surface area (Å²) in [6.07, 6.45) is -1.85. The van der Waals surface area contributed by atoms with Crippen LogP contribution in [-0.4, -0.2) is 65.2 Å². The van der Waals surface area contributed by atoms with Gasteiger partial charge < -0.3 is 15.3 Å². The number of hydrogen-bond donors (Lipinski definition) is 3. The minimum Gasteiger partial charge on any atom is -0.481 e. The van der Waals surface area contributed by atoms with E-state index in [9.17, 15) is 27.8 Å². The molecule has 0 amide bonds. The highest BCUT2D eigenvalue weighted by Gasteiger charge is 2.35. The molecule has 1 aromatic heterocycles. The molecule has 0 bridgehead atoms. The van der Waals surface area contributed by atoms with E-state index in [0.717, 1.165) is 10.6 Å². The number of carboxylic acids is 1. The highest BCUT2D eigenvalue weighted by Crippen LogP contribution is 2.44. The molecule has 9 nitrogen and oxygen atoms in total. The van der Waals surface area contributed by atoms with Crippen LogP contribution in [0.5, 0.6) is 0 Å². The van der Waals surface area contributed by atoms with Gasteiger partial charge in [0.25, 0.3) is 0 Å². The molecule has 0 fully saturated rings. The molecule has 1 aromatic carbocycles. The van der Waals surface area contributed by atoms with Crippen molar-refractivity contribution in [2.45, 2.75) is 57.2 Å². The summed E-state index contributed by atoms with van der Waals surface area (Å²) in [4.78, 5) is 19.9. The van der Waals surface area contributed by atoms with Crippen molar-refractivity contribution < 1.29 is 32.9 Å². The van der Waals surface area contributed by atoms with Crippen molar-refractivity contribution in [1.82, 2.24) is 9.97 Å². The molecule has 0 saturated heterocycles. The molecule has 1 aliphatic carbocycles. The lowest BCUT2D eigenvalue weighted by molar-refractivity contribution is -0.139. The molecule has 1 aliphatic rings. The summed E-state index contributed by atoms with van der Waals surface area (Å²) in [5.41, 5.74) is 2.75. The summed E-state index contributed by atoms with van der Waals surface area (Å²) in [6.45, 7) is 3.80. The molecule has 3 atom stereocenters. The topological polar surface area (TPSA) is 141 Å². The average Bonchev–Trinajstić information content (AvgIpc) is 2.69. The Morgan fingerprint density at radius 3 is 2.52 bits per heavy atom. The highest BCUT2D eigenvalue weighted by molar-refractivity contribution is 7.92. The van der Waals surface area contributed by atoms with E-state index in [1.807, 2.05) is 13.8 Å². The molecule has 3 rings (SSSR count). The third kappa shape index (κ3) is 5.31. The van der Waals surface area contributed by atoms with Crippen LogP contribution in [0.4, 0.5) is 10.3 Å². The van der Waals surface area contributed by atoms with Crippen molar-refractivity contribution in [3.63, 3.8) is 0 Å². The first kappa shape index (κ1) is 25.0. The molecular formula is C22H28FN3O6S. The second kappa shape index (κ2) is 9.32. The fourth-order valence-corrected chi connectivity index (χ4v) is 4.52. The van der Waals surface area contributed by atoms with E-state index in [2.05, 4.69) is 9.97 Å². The van der Waals surface area contributed by atoms with Gasteiger partial charge in [-0.25, -0.2) is 27.1 Å². The van der Waals surface area contributed by atoms with Gasteiger partial charge in [0.05, 0.1) is 36.3 Å². The largest absolute Gasteiger partial charge is 0.481 e. The zero-order valence-electron chi connectivity index (χ0n) is 18.9. The number of aliphatic hydroxyl groups excluding tert-OH is 2. The number of anilines is 1. The van der Waals surface area contributed by atoms with Crippen LogP contribution in [0.15, 0.2) is 18.2 Å². The number of carboxylic acid groups (broad SMARTS) is 1. The number of aliphatic carboxylic acids is 1. The second-order valence-electron chi connectivity index (χ2n) is 8.72. The van der Waals surface area contributed by atoms with E-state index in [1.54, 1.807) is 0 Å². The van der Waals surface area contributed by atoms with Crippen LogP contribution in [0.25, 0.3) is 11.3 Å². The normalized spacial score (nSPS) is 17.3. The molecule has 3 N–H and O–H groups in total. The van der Waals surface area contributed by atoms with E-state index in [4.69, 9.17) is 5.11 Å². The number of nitrogens with zero attached hydrogens (tertiary/aromatic N) is 3. The maximum absolute atomic E-state index is 14.2. The Hall–Kier alpha value is -2.63. The first-order chi connectivity index (χ1) is 15.3. The Morgan fingerprint density at radius 1 is 1.27 bits per heavy atom. The Bertz CT molecular complexity index is 1170. The van der Waals surface area contributed by atoms with Gasteiger partial charge in [-0.05, 0) is 36.1 Å². The lowest BCUT2D eigenvalue weighted by Crippen LogP contribution is -2.31. The molecular weight excluding hydrogens is 453 g/mol. The first-order valence-corrected chi connectivity index (χ1v) is 12.4. The first-order valence-electron chi connectivity index (χ1n) is 10.5. The van der Waals surface area contributed by atoms with Crippen molar-refractivity contribution in [1.29, 1.82) is 0 Å². The molecule has 11 heteroatoms. The average molecular weight is 482 g/mol. The van der Waals surface area contributed by atoms with E-state index in [0.29, 0.717) is 28.1 Å². The van der Waals surface area contributed by atoms with Crippen LogP contribution < -0.4 is 4.31 Å². The van der Waals surface area contributed by atoms with Crippen LogP contribution in [-0.2, 0) is 21.2 Å². The molecule has 0 spiro atoms. The van der Waals surface area contributed by atoms with Gasteiger partial charge in [-0.15, -0.1) is 0 Å². The number of halogens is 1. The predicted molar refractivity (Wildman–Crippen MR) is 120 cm³/mol. The van der Waals surface area contributed by atoms with Gasteiger partial charge >= 0.3 is 5.97 Å². The van der Waals surface area contributed by atoms with Crippen molar-refractivity contribution >= 4 is 21.9 Å². The van der Waals surface area contributed by atoms with Gasteiger partial charge in [0.15, 0.2) is 0 Å². The third-order valence-corrected chi connectivity index (χ3v) is 6.99. The molecule has 1 heterocycles. The zero-order chi connectivity index (χ0) is 24.7. The SMILES string of the molecule is CC(C)c1nc(N(C)S(C)(=O)=O)nc2c1CC(C(O)CC(O)CC(=O)O)c1cc(F)ccc1-2. The van der Waals surface area contributed by atoms with Gasteiger partial charge in [-0.2, -0.15) is 0 Å². The summed E-state index contributed by atoms with van der Waals surface area (Å²) in [5.74, 6) is -2.46. The highest BCUT2D eigenvalue weighted by atomic mass is 32.2. The standard InChI is InChI=1S/C22H28FN3O6S/c1-11(2)20-17-10-16(18(28)8-13(27)9-19(29)30)15-7-12(23)5-6-14(15)21(17)25-22(24-20)26(3)33(4,31)32/h5-7,11,13,16,18,27-28H,8-10H2,1-4H3,(H,29,30). The number of aliphatic hydroxyl groups is 2. The van der Waals surface area contributed by atoms with Gasteiger partial charge in [0.2, 0.25) is 16.0 Å². The van der Waals surface area contributed by atoms with Gasteiger partial charge in [-0.1, -0.05) is 13.8 Å². The fraction of sp³-hybridized carbons (Fsp3) is 0.500. The van der Waals surface area contributed by atoms with Crippen LogP contribution in [0.3, 0.4) is 0 Å². The molecule has 0 radical (unpaired) electrons. The van der Waals surface area contributed by atoms with Crippen molar-refractivity contribution in [3.8, 4) is 11.3 Å². The van der Waals surface area contributed by atoms with Gasteiger partial charge in [0.1, 0.15) is 5.82 Å². The number of aromatic nitrogens is 2. The van der Waals surface area contributed by atoms with Crippen molar-refractivity contribution in [2.75, 3.05) is 17.6 Å². The molecule has 0 aliphatic heterocycles.